The molecule has 0 radical (unpaired) electrons. The highest BCUT2D eigenvalue weighted by Crippen LogP contribution is 2.16. The molecule has 2 aromatic rings. The van der Waals surface area contributed by atoms with Gasteiger partial charge < -0.3 is 20.1 Å². The first kappa shape index (κ1) is 18.6. The van der Waals surface area contributed by atoms with Crippen LogP contribution in [0.1, 0.15) is 33.9 Å². The van der Waals surface area contributed by atoms with Crippen LogP contribution in [0.4, 0.5) is 0 Å². The van der Waals surface area contributed by atoms with Crippen molar-refractivity contribution < 1.29 is 4.79 Å². The first-order chi connectivity index (χ1) is 12.6. The van der Waals surface area contributed by atoms with Crippen LogP contribution < -0.4 is 10.6 Å². The number of aromatic nitrogens is 2. The van der Waals surface area contributed by atoms with E-state index >= 15 is 0 Å². The first-order valence-electron chi connectivity index (χ1n) is 9.43. The van der Waals surface area contributed by atoms with Crippen LogP contribution >= 0.6 is 0 Å². The van der Waals surface area contributed by atoms with Crippen LogP contribution in [-0.4, -0.2) is 59.6 Å². The molecule has 6 nitrogen and oxygen atoms in total. The van der Waals surface area contributed by atoms with Gasteiger partial charge in [0.2, 0.25) is 0 Å². The van der Waals surface area contributed by atoms with E-state index in [0.717, 1.165) is 61.8 Å². The largest absolute Gasteiger partial charge is 0.352 e. The average Bonchev–Trinajstić information content (AvgIpc) is 2.95. The van der Waals surface area contributed by atoms with Crippen LogP contribution in [0.5, 0.6) is 0 Å². The minimum Gasteiger partial charge on any atom is -0.352 e. The van der Waals surface area contributed by atoms with Crippen LogP contribution in [0.2, 0.25) is 0 Å². The Morgan fingerprint density at radius 1 is 1.27 bits per heavy atom. The molecule has 140 valence electrons. The van der Waals surface area contributed by atoms with E-state index in [9.17, 15) is 4.79 Å². The zero-order valence-corrected chi connectivity index (χ0v) is 15.8. The summed E-state index contributed by atoms with van der Waals surface area (Å²) < 4.78 is 2.15. The standard InChI is InChI=1S/C20H29N5O/c1-16-14-19(17(2)25(16)15-18-6-3-4-7-22-18)20(26)23-8-5-11-24-12-9-21-10-13-24/h3-4,6-7,14,21H,5,8-13,15H2,1-2H3,(H,23,26). The van der Waals surface area contributed by atoms with Gasteiger partial charge in [0.1, 0.15) is 0 Å². The molecule has 0 aliphatic carbocycles. The lowest BCUT2D eigenvalue weighted by atomic mass is 10.2. The third-order valence-electron chi connectivity index (χ3n) is 5.01. The maximum atomic E-state index is 12.6. The Kier molecular flexibility index (Phi) is 6.41. The monoisotopic (exact) mass is 355 g/mol. The van der Waals surface area contributed by atoms with Crippen molar-refractivity contribution in [3.05, 3.63) is 53.1 Å². The van der Waals surface area contributed by atoms with E-state index in [1.54, 1.807) is 6.20 Å². The van der Waals surface area contributed by atoms with Gasteiger partial charge in [0.25, 0.3) is 5.91 Å². The van der Waals surface area contributed by atoms with Gasteiger partial charge >= 0.3 is 0 Å². The van der Waals surface area contributed by atoms with Crippen molar-refractivity contribution in [1.29, 1.82) is 0 Å². The summed E-state index contributed by atoms with van der Waals surface area (Å²) in [5, 5.41) is 6.43. The van der Waals surface area contributed by atoms with E-state index in [4.69, 9.17) is 0 Å². The molecule has 26 heavy (non-hydrogen) atoms. The molecule has 2 aromatic heterocycles. The fourth-order valence-electron chi connectivity index (χ4n) is 3.46. The number of piperazine rings is 1. The summed E-state index contributed by atoms with van der Waals surface area (Å²) in [5.41, 5.74) is 3.84. The number of pyridine rings is 1. The highest BCUT2D eigenvalue weighted by Gasteiger charge is 2.16. The number of hydrogen-bond donors (Lipinski definition) is 2. The molecular formula is C20H29N5O. The van der Waals surface area contributed by atoms with Crippen molar-refractivity contribution in [2.75, 3.05) is 39.3 Å². The van der Waals surface area contributed by atoms with Gasteiger partial charge in [0, 0.05) is 50.3 Å². The van der Waals surface area contributed by atoms with Crippen LogP contribution in [-0.2, 0) is 6.54 Å². The van der Waals surface area contributed by atoms with E-state index in [0.29, 0.717) is 13.1 Å². The molecule has 6 heteroatoms. The molecule has 0 unspecified atom stereocenters. The molecule has 1 saturated heterocycles. The van der Waals surface area contributed by atoms with Crippen molar-refractivity contribution in [1.82, 2.24) is 25.1 Å². The lowest BCUT2D eigenvalue weighted by Gasteiger charge is -2.27. The molecule has 3 heterocycles. The predicted octanol–water partition coefficient (Wildman–Crippen LogP) is 1.57. The highest BCUT2D eigenvalue weighted by molar-refractivity contribution is 5.95. The maximum absolute atomic E-state index is 12.6. The van der Waals surface area contributed by atoms with Crippen molar-refractivity contribution in [3.8, 4) is 0 Å². The Hall–Kier alpha value is -2.18. The summed E-state index contributed by atoms with van der Waals surface area (Å²) in [7, 11) is 0. The molecule has 0 aromatic carbocycles. The molecule has 0 bridgehead atoms. The number of carbonyl (C=O) groups excluding carboxylic acids is 1. The Morgan fingerprint density at radius 2 is 2.08 bits per heavy atom. The van der Waals surface area contributed by atoms with Gasteiger partial charge in [0.15, 0.2) is 0 Å². The normalized spacial score (nSPS) is 15.2. The summed E-state index contributed by atoms with van der Waals surface area (Å²) in [5.74, 6) is 0.0191. The molecular weight excluding hydrogens is 326 g/mol. The van der Waals surface area contributed by atoms with Gasteiger partial charge in [-0.25, -0.2) is 0 Å². The van der Waals surface area contributed by atoms with Gasteiger partial charge in [0.05, 0.1) is 17.8 Å². The third kappa shape index (κ3) is 4.71. The van der Waals surface area contributed by atoms with Crippen molar-refractivity contribution in [2.45, 2.75) is 26.8 Å². The Balaban J connectivity index is 1.53. The molecule has 1 amide bonds. The zero-order chi connectivity index (χ0) is 18.4. The lowest BCUT2D eigenvalue weighted by molar-refractivity contribution is 0.0950. The predicted molar refractivity (Wildman–Crippen MR) is 104 cm³/mol. The first-order valence-corrected chi connectivity index (χ1v) is 9.43. The van der Waals surface area contributed by atoms with Gasteiger partial charge in [-0.2, -0.15) is 0 Å². The van der Waals surface area contributed by atoms with Crippen molar-refractivity contribution >= 4 is 5.91 Å². The quantitative estimate of drug-likeness (QED) is 0.740. The summed E-state index contributed by atoms with van der Waals surface area (Å²) in [6.07, 6.45) is 2.79. The molecule has 2 N–H and O–H groups in total. The Morgan fingerprint density at radius 3 is 2.81 bits per heavy atom. The summed E-state index contributed by atoms with van der Waals surface area (Å²) in [6, 6.07) is 7.89. The molecule has 1 fully saturated rings. The maximum Gasteiger partial charge on any atom is 0.253 e. The van der Waals surface area contributed by atoms with E-state index in [1.807, 2.05) is 38.1 Å². The number of nitrogens with one attached hydrogen (secondary N) is 2. The average molecular weight is 355 g/mol. The van der Waals surface area contributed by atoms with Gasteiger partial charge in [-0.15, -0.1) is 0 Å². The molecule has 1 aliphatic heterocycles. The van der Waals surface area contributed by atoms with E-state index in [1.165, 1.54) is 0 Å². The Labute approximate surface area is 155 Å². The summed E-state index contributed by atoms with van der Waals surface area (Å²) >= 11 is 0. The van der Waals surface area contributed by atoms with Crippen LogP contribution in [0.15, 0.2) is 30.5 Å². The zero-order valence-electron chi connectivity index (χ0n) is 15.8. The number of rotatable bonds is 7. The number of hydrogen-bond acceptors (Lipinski definition) is 4. The summed E-state index contributed by atoms with van der Waals surface area (Å²) in [6.45, 7) is 10.8. The minimum absolute atomic E-state index is 0.0191. The van der Waals surface area contributed by atoms with E-state index in [-0.39, 0.29) is 5.91 Å². The van der Waals surface area contributed by atoms with Gasteiger partial charge in [-0.1, -0.05) is 6.07 Å². The van der Waals surface area contributed by atoms with Crippen molar-refractivity contribution in [3.63, 3.8) is 0 Å². The molecule has 3 rings (SSSR count). The summed E-state index contributed by atoms with van der Waals surface area (Å²) in [4.78, 5) is 19.4. The topological polar surface area (TPSA) is 62.2 Å². The second-order valence-corrected chi connectivity index (χ2v) is 6.89. The number of nitrogens with zero attached hydrogens (tertiary/aromatic N) is 3. The minimum atomic E-state index is 0.0191. The van der Waals surface area contributed by atoms with Crippen LogP contribution in [0, 0.1) is 13.8 Å². The second-order valence-electron chi connectivity index (χ2n) is 6.89. The molecule has 0 atom stereocenters. The Bertz CT molecular complexity index is 719. The third-order valence-corrected chi connectivity index (χ3v) is 5.01. The lowest BCUT2D eigenvalue weighted by Crippen LogP contribution is -2.44. The van der Waals surface area contributed by atoms with Crippen LogP contribution in [0.3, 0.4) is 0 Å². The van der Waals surface area contributed by atoms with Gasteiger partial charge in [-0.05, 0) is 45.0 Å². The fraction of sp³-hybridized carbons (Fsp3) is 0.500. The molecule has 1 aliphatic rings. The number of aryl methyl sites for hydroxylation is 1. The van der Waals surface area contributed by atoms with Crippen molar-refractivity contribution in [2.24, 2.45) is 0 Å². The number of amides is 1. The number of carbonyl (C=O) groups is 1. The molecule has 0 saturated carbocycles. The smallest absolute Gasteiger partial charge is 0.253 e. The van der Waals surface area contributed by atoms with E-state index in [2.05, 4.69) is 25.1 Å². The van der Waals surface area contributed by atoms with Crippen LogP contribution in [0.25, 0.3) is 0 Å². The fourth-order valence-corrected chi connectivity index (χ4v) is 3.46. The van der Waals surface area contributed by atoms with E-state index < -0.39 is 0 Å². The highest BCUT2D eigenvalue weighted by atomic mass is 16.1. The molecule has 0 spiro atoms. The van der Waals surface area contributed by atoms with Gasteiger partial charge in [-0.3, -0.25) is 9.78 Å². The SMILES string of the molecule is Cc1cc(C(=O)NCCCN2CCNCC2)c(C)n1Cc1ccccn1. The second kappa shape index (κ2) is 8.96.